The van der Waals surface area contributed by atoms with Crippen LogP contribution in [0, 0.1) is 5.92 Å². The lowest BCUT2D eigenvalue weighted by molar-refractivity contribution is -0.122. The van der Waals surface area contributed by atoms with E-state index in [1.807, 2.05) is 63.2 Å². The van der Waals surface area contributed by atoms with Crippen LogP contribution >= 0.6 is 0 Å². The summed E-state index contributed by atoms with van der Waals surface area (Å²) in [5.74, 6) is 0.557. The zero-order valence-corrected chi connectivity index (χ0v) is 16.5. The number of hydrogen-bond donors (Lipinski definition) is 1. The van der Waals surface area contributed by atoms with Gasteiger partial charge in [-0.05, 0) is 45.0 Å². The largest absolute Gasteiger partial charge is 0.492 e. The van der Waals surface area contributed by atoms with Crippen LogP contribution < -0.4 is 19.7 Å². The third-order valence-corrected chi connectivity index (χ3v) is 4.46. The minimum absolute atomic E-state index is 0.00308. The highest BCUT2D eigenvalue weighted by molar-refractivity contribution is 6.04. The quantitative estimate of drug-likeness (QED) is 0.789. The van der Waals surface area contributed by atoms with E-state index in [1.165, 1.54) is 0 Å². The molecule has 0 bridgehead atoms. The SMILES string of the molecule is CCOc1ccccc1N1CC(C(=O)Nc2ccccc2OC(C)C)CC1=O. The summed E-state index contributed by atoms with van der Waals surface area (Å²) < 4.78 is 11.4. The number of carbonyl (C=O) groups is 2. The molecule has 0 radical (unpaired) electrons. The van der Waals surface area contributed by atoms with Gasteiger partial charge in [0.05, 0.1) is 30.0 Å². The highest BCUT2D eigenvalue weighted by atomic mass is 16.5. The fourth-order valence-corrected chi connectivity index (χ4v) is 3.24. The van der Waals surface area contributed by atoms with Crippen LogP contribution in [-0.4, -0.2) is 31.1 Å². The molecule has 3 rings (SSSR count). The zero-order chi connectivity index (χ0) is 20.1. The fraction of sp³-hybridized carbons (Fsp3) is 0.364. The maximum Gasteiger partial charge on any atom is 0.229 e. The molecular weight excluding hydrogens is 356 g/mol. The Bertz CT molecular complexity index is 850. The summed E-state index contributed by atoms with van der Waals surface area (Å²) in [4.78, 5) is 27.0. The summed E-state index contributed by atoms with van der Waals surface area (Å²) >= 11 is 0. The van der Waals surface area contributed by atoms with Gasteiger partial charge < -0.3 is 19.7 Å². The van der Waals surface area contributed by atoms with Crippen molar-refractivity contribution < 1.29 is 19.1 Å². The molecule has 148 valence electrons. The number of amides is 2. The first-order valence-corrected chi connectivity index (χ1v) is 9.58. The monoisotopic (exact) mass is 382 g/mol. The number of anilines is 2. The maximum atomic E-state index is 12.8. The number of para-hydroxylation sites is 4. The molecule has 0 saturated carbocycles. The molecule has 2 amide bonds. The summed E-state index contributed by atoms with van der Waals surface area (Å²) in [5.41, 5.74) is 1.31. The van der Waals surface area contributed by atoms with Crippen molar-refractivity contribution in [2.45, 2.75) is 33.3 Å². The number of nitrogens with one attached hydrogen (secondary N) is 1. The molecule has 28 heavy (non-hydrogen) atoms. The summed E-state index contributed by atoms with van der Waals surface area (Å²) in [6.07, 6.45) is 0.163. The Hall–Kier alpha value is -3.02. The average molecular weight is 382 g/mol. The molecule has 1 aliphatic heterocycles. The second-order valence-corrected chi connectivity index (χ2v) is 6.96. The Morgan fingerprint density at radius 2 is 1.82 bits per heavy atom. The van der Waals surface area contributed by atoms with Crippen LogP contribution in [0.2, 0.25) is 0 Å². The molecule has 6 heteroatoms. The molecule has 0 spiro atoms. The lowest BCUT2D eigenvalue weighted by Crippen LogP contribution is -2.28. The molecule has 1 saturated heterocycles. The second kappa shape index (κ2) is 8.78. The lowest BCUT2D eigenvalue weighted by Gasteiger charge is -2.20. The third kappa shape index (κ3) is 4.44. The highest BCUT2D eigenvalue weighted by Crippen LogP contribution is 2.34. The number of carbonyl (C=O) groups excluding carboxylic acids is 2. The van der Waals surface area contributed by atoms with E-state index in [1.54, 1.807) is 11.0 Å². The maximum absolute atomic E-state index is 12.8. The van der Waals surface area contributed by atoms with Gasteiger partial charge in [-0.15, -0.1) is 0 Å². The molecule has 2 aromatic carbocycles. The van der Waals surface area contributed by atoms with Gasteiger partial charge in [-0.3, -0.25) is 9.59 Å². The van der Waals surface area contributed by atoms with Gasteiger partial charge in [0.15, 0.2) is 0 Å². The van der Waals surface area contributed by atoms with Crippen LogP contribution in [0.15, 0.2) is 48.5 Å². The predicted molar refractivity (Wildman–Crippen MR) is 109 cm³/mol. The average Bonchev–Trinajstić information content (AvgIpc) is 3.05. The van der Waals surface area contributed by atoms with E-state index in [4.69, 9.17) is 9.47 Å². The van der Waals surface area contributed by atoms with E-state index in [0.717, 1.165) is 0 Å². The van der Waals surface area contributed by atoms with Crippen molar-refractivity contribution in [3.8, 4) is 11.5 Å². The molecule has 1 atom stereocenters. The van der Waals surface area contributed by atoms with Gasteiger partial charge in [0, 0.05) is 13.0 Å². The van der Waals surface area contributed by atoms with E-state index in [0.29, 0.717) is 36.0 Å². The van der Waals surface area contributed by atoms with Crippen molar-refractivity contribution >= 4 is 23.2 Å². The van der Waals surface area contributed by atoms with Gasteiger partial charge in [0.25, 0.3) is 0 Å². The fourth-order valence-electron chi connectivity index (χ4n) is 3.24. The van der Waals surface area contributed by atoms with Crippen molar-refractivity contribution in [1.82, 2.24) is 0 Å². The van der Waals surface area contributed by atoms with E-state index < -0.39 is 5.92 Å². The first-order valence-electron chi connectivity index (χ1n) is 9.58. The summed E-state index contributed by atoms with van der Waals surface area (Å²) in [6, 6.07) is 14.7. The van der Waals surface area contributed by atoms with E-state index in [9.17, 15) is 9.59 Å². The molecule has 0 aliphatic carbocycles. The van der Waals surface area contributed by atoms with Gasteiger partial charge in [-0.25, -0.2) is 0 Å². The third-order valence-electron chi connectivity index (χ3n) is 4.46. The molecule has 1 aliphatic rings. The van der Waals surface area contributed by atoms with Crippen molar-refractivity contribution in [3.63, 3.8) is 0 Å². The van der Waals surface area contributed by atoms with Gasteiger partial charge in [0.2, 0.25) is 11.8 Å². The Labute approximate surface area is 165 Å². The number of nitrogens with zero attached hydrogens (tertiary/aromatic N) is 1. The first kappa shape index (κ1) is 19.7. The van der Waals surface area contributed by atoms with Crippen LogP contribution in [0.4, 0.5) is 11.4 Å². The molecular formula is C22H26N2O4. The minimum Gasteiger partial charge on any atom is -0.492 e. The lowest BCUT2D eigenvalue weighted by atomic mass is 10.1. The van der Waals surface area contributed by atoms with Crippen LogP contribution in [0.25, 0.3) is 0 Å². The van der Waals surface area contributed by atoms with Crippen LogP contribution in [0.3, 0.4) is 0 Å². The first-order chi connectivity index (χ1) is 13.5. The van der Waals surface area contributed by atoms with Crippen LogP contribution in [0.5, 0.6) is 11.5 Å². The van der Waals surface area contributed by atoms with E-state index >= 15 is 0 Å². The molecule has 1 heterocycles. The van der Waals surface area contributed by atoms with Gasteiger partial charge >= 0.3 is 0 Å². The summed E-state index contributed by atoms with van der Waals surface area (Å²) in [6.45, 7) is 6.59. The van der Waals surface area contributed by atoms with Crippen molar-refractivity contribution in [1.29, 1.82) is 0 Å². The molecule has 0 aromatic heterocycles. The normalized spacial score (nSPS) is 16.4. The Morgan fingerprint density at radius 3 is 2.54 bits per heavy atom. The number of ether oxygens (including phenoxy) is 2. The Morgan fingerprint density at radius 1 is 1.14 bits per heavy atom. The smallest absolute Gasteiger partial charge is 0.229 e. The Balaban J connectivity index is 1.73. The molecule has 2 aromatic rings. The number of rotatable bonds is 7. The van der Waals surface area contributed by atoms with Crippen molar-refractivity contribution in [2.75, 3.05) is 23.4 Å². The molecule has 1 N–H and O–H groups in total. The number of hydrogen-bond acceptors (Lipinski definition) is 4. The van der Waals surface area contributed by atoms with Crippen LogP contribution in [-0.2, 0) is 9.59 Å². The van der Waals surface area contributed by atoms with E-state index in [-0.39, 0.29) is 24.3 Å². The standard InChI is InChI=1S/C22H26N2O4/c1-4-27-20-12-8-6-10-18(20)24-14-16(13-21(24)25)22(26)23-17-9-5-7-11-19(17)28-15(2)3/h5-12,15-16H,4,13-14H2,1-3H3,(H,23,26). The van der Waals surface area contributed by atoms with Crippen molar-refractivity contribution in [3.05, 3.63) is 48.5 Å². The second-order valence-electron chi connectivity index (χ2n) is 6.96. The molecule has 1 unspecified atom stereocenters. The highest BCUT2D eigenvalue weighted by Gasteiger charge is 2.36. The Kier molecular flexibility index (Phi) is 6.19. The molecule has 1 fully saturated rings. The topological polar surface area (TPSA) is 67.9 Å². The zero-order valence-electron chi connectivity index (χ0n) is 16.5. The van der Waals surface area contributed by atoms with Gasteiger partial charge in [0.1, 0.15) is 11.5 Å². The predicted octanol–water partition coefficient (Wildman–Crippen LogP) is 3.86. The summed E-state index contributed by atoms with van der Waals surface area (Å²) in [5, 5.41) is 2.92. The number of benzene rings is 2. The summed E-state index contributed by atoms with van der Waals surface area (Å²) in [7, 11) is 0. The minimum atomic E-state index is -0.436. The van der Waals surface area contributed by atoms with Gasteiger partial charge in [-0.1, -0.05) is 24.3 Å². The molecule has 6 nitrogen and oxygen atoms in total. The van der Waals surface area contributed by atoms with Crippen molar-refractivity contribution in [2.24, 2.45) is 5.92 Å². The van der Waals surface area contributed by atoms with E-state index in [2.05, 4.69) is 5.32 Å². The van der Waals surface area contributed by atoms with Gasteiger partial charge in [-0.2, -0.15) is 0 Å². The van der Waals surface area contributed by atoms with Crippen LogP contribution in [0.1, 0.15) is 27.2 Å².